The summed E-state index contributed by atoms with van der Waals surface area (Å²) in [5.41, 5.74) is 1.34. The van der Waals surface area contributed by atoms with Crippen molar-refractivity contribution in [1.82, 2.24) is 10.3 Å². The molecule has 2 nitrogen and oxygen atoms in total. The van der Waals surface area contributed by atoms with E-state index in [-0.39, 0.29) is 0 Å². The molecule has 1 aromatic heterocycles. The van der Waals surface area contributed by atoms with Gasteiger partial charge in [-0.2, -0.15) is 0 Å². The van der Waals surface area contributed by atoms with Gasteiger partial charge in [0.2, 0.25) is 0 Å². The first-order chi connectivity index (χ1) is 9.90. The summed E-state index contributed by atoms with van der Waals surface area (Å²) in [6.45, 7) is 12.4. The highest BCUT2D eigenvalue weighted by Crippen LogP contribution is 2.20. The Morgan fingerprint density at radius 1 is 1.19 bits per heavy atom. The lowest BCUT2D eigenvalue weighted by Crippen LogP contribution is -2.37. The van der Waals surface area contributed by atoms with Crippen molar-refractivity contribution in [2.24, 2.45) is 0 Å². The highest BCUT2D eigenvalue weighted by atomic mass is 32.1. The largest absolute Gasteiger partial charge is 0.304 e. The maximum Gasteiger partial charge on any atom is 0.109 e. The molecule has 2 rings (SSSR count). The second-order valence-electron chi connectivity index (χ2n) is 6.57. The molecule has 4 heteroatoms. The van der Waals surface area contributed by atoms with Gasteiger partial charge in [-0.15, -0.1) is 11.3 Å². The predicted octanol–water partition coefficient (Wildman–Crippen LogP) is 4.10. The van der Waals surface area contributed by atoms with E-state index in [0.29, 0.717) is 6.04 Å². The van der Waals surface area contributed by atoms with E-state index < -0.39 is 8.07 Å². The lowest BCUT2D eigenvalue weighted by Gasteiger charge is -2.17. The molecular formula is C17H26N2SSi. The Hall–Kier alpha value is -0.973. The molecule has 2 aromatic rings. The summed E-state index contributed by atoms with van der Waals surface area (Å²) in [5.74, 6) is 0. The molecule has 1 unspecified atom stereocenters. The van der Waals surface area contributed by atoms with Crippen molar-refractivity contribution < 1.29 is 0 Å². The number of thiazole rings is 1. The molecule has 0 amide bonds. The van der Waals surface area contributed by atoms with Crippen molar-refractivity contribution in [3.05, 3.63) is 45.9 Å². The third-order valence-corrected chi connectivity index (χ3v) is 7.11. The van der Waals surface area contributed by atoms with E-state index in [2.05, 4.69) is 68.1 Å². The predicted molar refractivity (Wildman–Crippen MR) is 96.2 cm³/mol. The molecule has 1 atom stereocenters. The van der Waals surface area contributed by atoms with Gasteiger partial charge in [0.05, 0.1) is 14.1 Å². The first-order valence-electron chi connectivity index (χ1n) is 7.67. The second-order valence-corrected chi connectivity index (χ2v) is 12.8. The summed E-state index contributed by atoms with van der Waals surface area (Å²) < 4.78 is 0. The van der Waals surface area contributed by atoms with Crippen molar-refractivity contribution in [2.75, 3.05) is 0 Å². The molecule has 21 heavy (non-hydrogen) atoms. The van der Waals surface area contributed by atoms with Gasteiger partial charge in [0.15, 0.2) is 0 Å². The molecule has 1 heterocycles. The van der Waals surface area contributed by atoms with Crippen molar-refractivity contribution in [1.29, 1.82) is 0 Å². The Bertz CT molecular complexity index is 569. The third kappa shape index (κ3) is 4.50. The van der Waals surface area contributed by atoms with Crippen molar-refractivity contribution in [3.63, 3.8) is 0 Å². The smallest absolute Gasteiger partial charge is 0.109 e. The average molecular weight is 319 g/mol. The average Bonchev–Trinajstić information content (AvgIpc) is 2.93. The first-order valence-corrected chi connectivity index (χ1v) is 12.0. The fourth-order valence-electron chi connectivity index (χ4n) is 2.17. The summed E-state index contributed by atoms with van der Waals surface area (Å²) in [6.07, 6.45) is 3.07. The zero-order valence-electron chi connectivity index (χ0n) is 13.7. The normalized spacial score (nSPS) is 13.4. The number of benzene rings is 1. The Labute approximate surface area is 133 Å². The van der Waals surface area contributed by atoms with Crippen LogP contribution in [0.25, 0.3) is 0 Å². The molecule has 0 aliphatic heterocycles. The molecule has 0 spiro atoms. The van der Waals surface area contributed by atoms with Gasteiger partial charge in [-0.25, -0.2) is 4.98 Å². The van der Waals surface area contributed by atoms with Crippen LogP contribution in [0.4, 0.5) is 0 Å². The number of hydrogen-bond donors (Lipinski definition) is 1. The maximum absolute atomic E-state index is 4.51. The van der Waals surface area contributed by atoms with Crippen molar-refractivity contribution >= 4 is 24.6 Å². The van der Waals surface area contributed by atoms with Crippen LogP contribution in [0.2, 0.25) is 19.6 Å². The van der Waals surface area contributed by atoms with Gasteiger partial charge in [0.25, 0.3) is 0 Å². The number of nitrogens with one attached hydrogen (secondary N) is 1. The fraction of sp³-hybridized carbons (Fsp3) is 0.471. The summed E-state index contributed by atoms with van der Waals surface area (Å²) in [4.78, 5) is 5.87. The summed E-state index contributed by atoms with van der Waals surface area (Å²) in [6, 6.07) is 9.42. The van der Waals surface area contributed by atoms with Crippen LogP contribution in [0.3, 0.4) is 0 Å². The van der Waals surface area contributed by atoms with Crippen molar-refractivity contribution in [3.8, 4) is 0 Å². The lowest BCUT2D eigenvalue weighted by molar-refractivity contribution is 0.572. The fourth-order valence-corrected chi connectivity index (χ4v) is 4.22. The van der Waals surface area contributed by atoms with Crippen molar-refractivity contribution in [2.45, 2.75) is 52.5 Å². The highest BCUT2D eigenvalue weighted by Gasteiger charge is 2.15. The molecule has 114 valence electrons. The quantitative estimate of drug-likeness (QED) is 0.811. The van der Waals surface area contributed by atoms with Gasteiger partial charge >= 0.3 is 0 Å². The zero-order valence-corrected chi connectivity index (χ0v) is 15.6. The summed E-state index contributed by atoms with van der Waals surface area (Å²) in [5, 5.41) is 6.28. The van der Waals surface area contributed by atoms with Gasteiger partial charge < -0.3 is 5.32 Å². The van der Waals surface area contributed by atoms with E-state index in [9.17, 15) is 0 Å². The number of aromatic nitrogens is 1. The van der Waals surface area contributed by atoms with Crippen LogP contribution in [0.15, 0.2) is 30.5 Å². The Kier molecular flexibility index (Phi) is 5.36. The van der Waals surface area contributed by atoms with Crippen LogP contribution in [0.5, 0.6) is 0 Å². The molecule has 0 bridgehead atoms. The molecule has 0 aliphatic rings. The first kappa shape index (κ1) is 16.4. The molecule has 0 saturated heterocycles. The molecule has 0 saturated carbocycles. The van der Waals surface area contributed by atoms with E-state index in [1.807, 2.05) is 17.5 Å². The topological polar surface area (TPSA) is 24.9 Å². The van der Waals surface area contributed by atoms with Gasteiger partial charge in [0, 0.05) is 17.6 Å². The zero-order chi connectivity index (χ0) is 15.5. The van der Waals surface area contributed by atoms with E-state index in [1.54, 1.807) is 0 Å². The minimum absolute atomic E-state index is 0.312. The number of hydrogen-bond acceptors (Lipinski definition) is 3. The Balaban J connectivity index is 1.93. The van der Waals surface area contributed by atoms with Crippen LogP contribution in [0, 0.1) is 0 Å². The number of nitrogens with zero attached hydrogens (tertiary/aromatic N) is 1. The molecule has 1 aromatic carbocycles. The van der Waals surface area contributed by atoms with E-state index in [4.69, 9.17) is 0 Å². The van der Waals surface area contributed by atoms with Crippen LogP contribution < -0.4 is 10.5 Å². The molecular weight excluding hydrogens is 292 g/mol. The minimum Gasteiger partial charge on any atom is -0.304 e. The maximum atomic E-state index is 4.51. The summed E-state index contributed by atoms with van der Waals surface area (Å²) in [7, 11) is -1.18. The van der Waals surface area contributed by atoms with Gasteiger partial charge in [-0.1, -0.05) is 56.0 Å². The Morgan fingerprint density at radius 3 is 2.38 bits per heavy atom. The van der Waals surface area contributed by atoms with E-state index in [0.717, 1.165) is 13.0 Å². The number of aryl methyl sites for hydroxylation is 1. The third-order valence-electron chi connectivity index (χ3n) is 3.72. The molecule has 0 fully saturated rings. The van der Waals surface area contributed by atoms with Crippen LogP contribution in [0.1, 0.15) is 35.3 Å². The molecule has 0 aliphatic carbocycles. The van der Waals surface area contributed by atoms with Crippen LogP contribution >= 0.6 is 11.3 Å². The van der Waals surface area contributed by atoms with Gasteiger partial charge in [-0.05, 0) is 18.9 Å². The standard InChI is InChI=1S/C17H26N2SSi/c1-6-15-12-19-17(20-15)13(2)18-11-14-7-9-16(10-8-14)21(3,4)5/h7-10,12-13,18H,6,11H2,1-5H3. The van der Waals surface area contributed by atoms with E-state index in [1.165, 1.54) is 20.6 Å². The minimum atomic E-state index is -1.18. The van der Waals surface area contributed by atoms with Crippen LogP contribution in [-0.4, -0.2) is 13.1 Å². The molecule has 1 N–H and O–H groups in total. The highest BCUT2D eigenvalue weighted by molar-refractivity contribution is 7.11. The lowest BCUT2D eigenvalue weighted by atomic mass is 10.2. The van der Waals surface area contributed by atoms with E-state index >= 15 is 0 Å². The molecule has 0 radical (unpaired) electrons. The number of rotatable bonds is 6. The van der Waals surface area contributed by atoms with Gasteiger partial charge in [0.1, 0.15) is 5.01 Å². The SMILES string of the molecule is CCc1cnc(C(C)NCc2ccc([Si](C)(C)C)cc2)s1. The summed E-state index contributed by atoms with van der Waals surface area (Å²) >= 11 is 1.81. The monoisotopic (exact) mass is 318 g/mol. The van der Waals surface area contributed by atoms with Crippen LogP contribution in [-0.2, 0) is 13.0 Å². The Morgan fingerprint density at radius 2 is 1.86 bits per heavy atom. The van der Waals surface area contributed by atoms with Gasteiger partial charge in [-0.3, -0.25) is 0 Å². The second kappa shape index (κ2) is 6.86.